The summed E-state index contributed by atoms with van der Waals surface area (Å²) in [5, 5.41) is 98.9. The van der Waals surface area contributed by atoms with Crippen molar-refractivity contribution in [2.24, 2.45) is 11.8 Å². The average molecular weight is 1040 g/mol. The molecule has 0 rings (SSSR count). The fourth-order valence-corrected chi connectivity index (χ4v) is 3.46. The van der Waals surface area contributed by atoms with Gasteiger partial charge in [0.2, 0.25) is 0 Å². The largest absolute Gasteiger partial charge is 4.00 e. The number of unbranched alkanes of at least 4 members (excludes halogenated alkanes) is 2. The van der Waals surface area contributed by atoms with E-state index in [1.54, 1.807) is 0 Å². The van der Waals surface area contributed by atoms with Gasteiger partial charge in [0.05, 0.1) is 19.6 Å². The molecule has 0 heterocycles. The number of esters is 2. The Morgan fingerprint density at radius 3 is 1.10 bits per heavy atom. The maximum absolute atomic E-state index is 12.1. The molecule has 28 heteroatoms. The first kappa shape index (κ1) is 71.4. The van der Waals surface area contributed by atoms with Gasteiger partial charge in [0, 0.05) is 0 Å². The molecule has 0 aromatic carbocycles. The molecule has 0 aliphatic rings. The van der Waals surface area contributed by atoms with Crippen LogP contribution in [0.25, 0.3) is 0 Å². The molecule has 0 spiro atoms. The summed E-state index contributed by atoms with van der Waals surface area (Å²) in [6.45, 7) is 8.26. The van der Waals surface area contributed by atoms with E-state index in [0.717, 1.165) is 51.4 Å². The Hall–Kier alpha value is 2.03. The molecular weight excluding hydrogens is 999 g/mol. The summed E-state index contributed by atoms with van der Waals surface area (Å²) in [5.74, 6) is -1.74. The van der Waals surface area contributed by atoms with Crippen molar-refractivity contribution in [2.75, 3.05) is 13.2 Å². The topological polar surface area (TPSA) is 387 Å². The summed E-state index contributed by atoms with van der Waals surface area (Å²) in [7, 11) is -16.7. The van der Waals surface area contributed by atoms with E-state index in [2.05, 4.69) is 13.8 Å². The molecule has 3 unspecified atom stereocenters. The van der Waals surface area contributed by atoms with Crippen molar-refractivity contribution >= 4 is 123 Å². The van der Waals surface area contributed by atoms with Crippen molar-refractivity contribution < 1.29 is 122 Å². The van der Waals surface area contributed by atoms with Gasteiger partial charge in [-0.15, -0.1) is 0 Å². The molecule has 0 amide bonds. The van der Waals surface area contributed by atoms with Gasteiger partial charge in [0.1, 0.15) is 10.1 Å². The summed E-state index contributed by atoms with van der Waals surface area (Å²) in [6.07, 6.45) is 6.58. The van der Waals surface area contributed by atoms with Gasteiger partial charge in [-0.2, -0.15) is 0 Å². The van der Waals surface area contributed by atoms with E-state index in [9.17, 15) is 22.6 Å². The number of rotatable bonds is 16. The number of carbonyl (C=O) groups excluding carboxylic acids is 2. The molecule has 3 atom stereocenters. The van der Waals surface area contributed by atoms with Crippen molar-refractivity contribution in [1.82, 2.24) is 0 Å². The van der Waals surface area contributed by atoms with Crippen molar-refractivity contribution in [3.05, 3.63) is 0 Å². The molecule has 19 nitrogen and oxygen atoms in total. The zero-order valence-electron chi connectivity index (χ0n) is 27.5. The fraction of sp³-hybridized carbons (Fsp3) is 0.900. The molecule has 0 fully saturated rings. The number of ether oxygens (including phenoxy) is 2. The second kappa shape index (κ2) is 49.0. The summed E-state index contributed by atoms with van der Waals surface area (Å²) in [6, 6.07) is 0. The van der Waals surface area contributed by atoms with Gasteiger partial charge in [-0.3, -0.25) is 38.9 Å². The molecule has 0 aromatic rings. The third-order valence-corrected chi connectivity index (χ3v) is 6.05. The number of hydrogen-bond acceptors (Lipinski definition) is 19. The Balaban J connectivity index is -0.0000000904. The van der Waals surface area contributed by atoms with E-state index in [4.69, 9.17) is 69.8 Å². The van der Waals surface area contributed by atoms with Gasteiger partial charge in [-0.05, 0) is 24.7 Å². The third kappa shape index (κ3) is 73.4. The summed E-state index contributed by atoms with van der Waals surface area (Å²) >= 11 is 0. The standard InChI is InChI=1S/C20H38O7S.4BO3.Na.3Sn/c1-5-9-11-16(7-3)14-26-19(21)13-18(28(23,24)25)20(22)27-15-17(8-4)12-10-6-2;4*2-1(3)4;;;;/h16-18H,5-15H2,1-4H3,(H,23,24,25);;;;;;;;/q;4*-3;+1;3*+4/p-1. The van der Waals surface area contributed by atoms with Crippen LogP contribution in [-0.2, 0) is 29.2 Å². The first-order valence-corrected chi connectivity index (χ1v) is 14.8. The zero-order chi connectivity index (χ0) is 35.9. The number of carbonyl (C=O) groups is 2. The molecule has 0 bridgehead atoms. The van der Waals surface area contributed by atoms with Crippen LogP contribution < -0.4 is 89.8 Å². The maximum atomic E-state index is 12.1. The Bertz CT molecular complexity index is 735. The second-order valence-electron chi connectivity index (χ2n) is 8.49. The molecule has 0 saturated heterocycles. The van der Waals surface area contributed by atoms with Crippen molar-refractivity contribution in [3.63, 3.8) is 0 Å². The van der Waals surface area contributed by atoms with Gasteiger partial charge in [0.15, 0.2) is 5.25 Å². The predicted octanol–water partition coefficient (Wildman–Crippen LogP) is -16.1. The molecule has 0 aliphatic heterocycles. The van der Waals surface area contributed by atoms with Crippen LogP contribution in [0.5, 0.6) is 0 Å². The minimum atomic E-state index is -5.01. The van der Waals surface area contributed by atoms with Crippen LogP contribution in [0.1, 0.15) is 85.5 Å². The van der Waals surface area contributed by atoms with Crippen LogP contribution in [0.4, 0.5) is 0 Å². The van der Waals surface area contributed by atoms with Crippen molar-refractivity contribution in [2.45, 2.75) is 90.7 Å². The molecular formula is C20H37B4NaO19SSn3. The summed E-state index contributed by atoms with van der Waals surface area (Å²) in [4.78, 5) is 24.1. The van der Waals surface area contributed by atoms with E-state index < -0.39 is 63.0 Å². The first-order chi connectivity index (χ1) is 20.1. The van der Waals surface area contributed by atoms with Crippen LogP contribution in [0, 0.1) is 11.8 Å². The SMILES string of the molecule is CCCCC(CC)COC(=O)CC(C(=O)OCC(CC)CCCC)S(=O)(=O)[O-].[Na+].[O-]B([O-])[O-].[O-]B([O-])[O-].[O-]B([O-])[O-].[O-]B([O-])[O-].[Sn+4].[Sn+4].[Sn+4]. The minimum Gasteiger partial charge on any atom is -0.907 e. The Morgan fingerprint density at radius 1 is 0.604 bits per heavy atom. The fourth-order valence-electron chi connectivity index (χ4n) is 2.81. The first-order valence-electron chi connectivity index (χ1n) is 13.3. The number of hydrogen-bond donors (Lipinski definition) is 0. The second-order valence-corrected chi connectivity index (χ2v) is 10.0. The van der Waals surface area contributed by atoms with Crippen LogP contribution in [0.2, 0.25) is 0 Å². The summed E-state index contributed by atoms with van der Waals surface area (Å²) in [5.41, 5.74) is 0. The zero-order valence-corrected chi connectivity index (χ0v) is 38.9. The van der Waals surface area contributed by atoms with Crippen LogP contribution in [0.15, 0.2) is 0 Å². The van der Waals surface area contributed by atoms with Gasteiger partial charge in [-0.25, -0.2) is 8.42 Å². The van der Waals surface area contributed by atoms with Crippen LogP contribution in [-0.4, -0.2) is 144 Å². The predicted molar refractivity (Wildman–Crippen MR) is 147 cm³/mol. The average Bonchev–Trinajstić information content (AvgIpc) is 2.85. The summed E-state index contributed by atoms with van der Waals surface area (Å²) < 4.78 is 44.6. The molecule has 0 aromatic heterocycles. The molecule has 0 radical (unpaired) electrons. The van der Waals surface area contributed by atoms with Crippen LogP contribution in [0.3, 0.4) is 0 Å². The van der Waals surface area contributed by atoms with Crippen LogP contribution >= 0.6 is 0 Å². The van der Waals surface area contributed by atoms with Crippen molar-refractivity contribution in [1.29, 1.82) is 0 Å². The molecule has 48 heavy (non-hydrogen) atoms. The van der Waals surface area contributed by atoms with Gasteiger partial charge < -0.3 is 74.3 Å². The van der Waals surface area contributed by atoms with E-state index in [1.807, 2.05) is 13.8 Å². The smallest absolute Gasteiger partial charge is 0.907 e. The van der Waals surface area contributed by atoms with Crippen molar-refractivity contribution in [3.8, 4) is 0 Å². The molecule has 0 aliphatic carbocycles. The van der Waals surface area contributed by atoms with Gasteiger partial charge >= 0.3 is 113 Å². The minimum absolute atomic E-state index is 0. The Morgan fingerprint density at radius 2 is 0.875 bits per heavy atom. The normalized spacial score (nSPS) is 10.9. The van der Waals surface area contributed by atoms with Gasteiger partial charge in [0.25, 0.3) is 0 Å². The van der Waals surface area contributed by atoms with E-state index in [-0.39, 0.29) is 126 Å². The molecule has 0 N–H and O–H groups in total. The van der Waals surface area contributed by atoms with Gasteiger partial charge in [-0.1, -0.05) is 66.2 Å². The Labute approximate surface area is 357 Å². The third-order valence-electron chi connectivity index (χ3n) is 4.99. The van der Waals surface area contributed by atoms with E-state index >= 15 is 0 Å². The Kier molecular flexibility index (Phi) is 73.0. The quantitative estimate of drug-likeness (QED) is 0.0787. The van der Waals surface area contributed by atoms with E-state index in [0.29, 0.717) is 0 Å². The molecule has 0 saturated carbocycles. The maximum Gasteiger partial charge on any atom is 4.00 e. The van der Waals surface area contributed by atoms with E-state index in [1.165, 1.54) is 0 Å². The molecule has 262 valence electrons. The monoisotopic (exact) mass is 1040 g/mol.